The molecule has 0 spiro atoms. The first-order chi connectivity index (χ1) is 16.6. The van der Waals surface area contributed by atoms with Gasteiger partial charge in [0, 0.05) is 34.6 Å². The van der Waals surface area contributed by atoms with Gasteiger partial charge in [0.25, 0.3) is 0 Å². The summed E-state index contributed by atoms with van der Waals surface area (Å²) in [6, 6.07) is 14.9. The number of carboxylic acids is 1. The number of benzene rings is 3. The summed E-state index contributed by atoms with van der Waals surface area (Å²) in [5.74, 6) is -3.48. The first-order valence-electron chi connectivity index (χ1n) is 10.5. The highest BCUT2D eigenvalue weighted by Gasteiger charge is 2.28. The molecule has 0 aliphatic heterocycles. The van der Waals surface area contributed by atoms with Crippen LogP contribution in [0.2, 0.25) is 5.02 Å². The molecule has 0 aliphatic carbocycles. The first kappa shape index (κ1) is 24.8. The van der Waals surface area contributed by atoms with Gasteiger partial charge in [-0.25, -0.2) is 22.0 Å². The van der Waals surface area contributed by atoms with E-state index in [-0.39, 0.29) is 33.4 Å². The number of fused-ring (bicyclic) bond motifs is 1. The molecule has 35 heavy (non-hydrogen) atoms. The number of carboxylic acid groups (broad SMARTS) is 1. The standard InChI is InChI=1S/C25H20ClF2NO5S/c1-15-19-13-18(7-8-23(19)34-24(15)25(30)31)35(32,33)29(10-9-16-5-3-2-4-6-16)14-20-21(27)11-17(26)12-22(20)28/h2-8,11-13H,9-10,14H2,1H3,(H,30,31). The Labute approximate surface area is 205 Å². The summed E-state index contributed by atoms with van der Waals surface area (Å²) in [5, 5.41) is 9.47. The number of hydrogen-bond acceptors (Lipinski definition) is 4. The quantitative estimate of drug-likeness (QED) is 0.317. The maximum Gasteiger partial charge on any atom is 0.372 e. The highest BCUT2D eigenvalue weighted by atomic mass is 35.5. The van der Waals surface area contributed by atoms with E-state index in [4.69, 9.17) is 16.0 Å². The van der Waals surface area contributed by atoms with Crippen molar-refractivity contribution in [2.45, 2.75) is 24.8 Å². The molecule has 1 aromatic heterocycles. The topological polar surface area (TPSA) is 87.8 Å². The number of aromatic carboxylic acids is 1. The van der Waals surface area contributed by atoms with Gasteiger partial charge in [-0.3, -0.25) is 0 Å². The molecular formula is C25H20ClF2NO5S. The molecule has 0 unspecified atom stereocenters. The van der Waals surface area contributed by atoms with E-state index in [1.54, 1.807) is 0 Å². The minimum atomic E-state index is -4.25. The summed E-state index contributed by atoms with van der Waals surface area (Å²) < 4.78 is 62.7. The number of nitrogens with zero attached hydrogens (tertiary/aromatic N) is 1. The van der Waals surface area contributed by atoms with Crippen LogP contribution in [0.3, 0.4) is 0 Å². The molecule has 1 heterocycles. The van der Waals surface area contributed by atoms with E-state index in [0.29, 0.717) is 11.8 Å². The summed E-state index contributed by atoms with van der Waals surface area (Å²) in [4.78, 5) is 11.2. The third kappa shape index (κ3) is 5.07. The summed E-state index contributed by atoms with van der Waals surface area (Å²) in [6.07, 6.45) is 0.299. The van der Waals surface area contributed by atoms with Crippen LogP contribution >= 0.6 is 11.6 Å². The van der Waals surface area contributed by atoms with Crippen molar-refractivity contribution in [3.05, 3.63) is 99.8 Å². The van der Waals surface area contributed by atoms with E-state index in [1.807, 2.05) is 30.3 Å². The molecule has 0 bridgehead atoms. The first-order valence-corrected chi connectivity index (χ1v) is 12.3. The maximum absolute atomic E-state index is 14.6. The molecule has 3 aromatic carbocycles. The summed E-state index contributed by atoms with van der Waals surface area (Å²) in [6.45, 7) is 0.890. The lowest BCUT2D eigenvalue weighted by molar-refractivity contribution is 0.0664. The maximum atomic E-state index is 14.6. The Morgan fingerprint density at radius 3 is 2.34 bits per heavy atom. The zero-order valence-corrected chi connectivity index (χ0v) is 20.0. The van der Waals surface area contributed by atoms with Crippen molar-refractivity contribution in [3.63, 3.8) is 0 Å². The smallest absolute Gasteiger partial charge is 0.372 e. The molecule has 0 atom stereocenters. The second-order valence-electron chi connectivity index (χ2n) is 7.94. The van der Waals surface area contributed by atoms with Gasteiger partial charge < -0.3 is 9.52 Å². The van der Waals surface area contributed by atoms with Gasteiger partial charge in [-0.2, -0.15) is 4.31 Å². The number of rotatable bonds is 8. The molecular weight excluding hydrogens is 500 g/mol. The largest absolute Gasteiger partial charge is 0.475 e. The Kier molecular flexibility index (Phi) is 6.93. The van der Waals surface area contributed by atoms with E-state index in [1.165, 1.54) is 25.1 Å². The van der Waals surface area contributed by atoms with Crippen molar-refractivity contribution in [2.24, 2.45) is 0 Å². The van der Waals surface area contributed by atoms with E-state index >= 15 is 0 Å². The van der Waals surface area contributed by atoms with E-state index in [0.717, 1.165) is 22.0 Å². The molecule has 6 nitrogen and oxygen atoms in total. The molecule has 0 amide bonds. The molecule has 0 saturated carbocycles. The molecule has 4 rings (SSSR count). The van der Waals surface area contributed by atoms with Crippen LogP contribution < -0.4 is 0 Å². The normalized spacial score (nSPS) is 11.9. The van der Waals surface area contributed by atoms with Crippen molar-refractivity contribution in [3.8, 4) is 0 Å². The molecule has 0 fully saturated rings. The van der Waals surface area contributed by atoms with E-state index in [9.17, 15) is 27.1 Å². The number of halogens is 3. The predicted octanol–water partition coefficient (Wildman–Crippen LogP) is 5.80. The van der Waals surface area contributed by atoms with Crippen LogP contribution in [0.5, 0.6) is 0 Å². The molecule has 10 heteroatoms. The lowest BCUT2D eigenvalue weighted by atomic mass is 10.1. The van der Waals surface area contributed by atoms with Gasteiger partial charge in [-0.15, -0.1) is 0 Å². The fourth-order valence-corrected chi connectivity index (χ4v) is 5.42. The molecule has 0 radical (unpaired) electrons. The molecule has 4 aromatic rings. The lowest BCUT2D eigenvalue weighted by Crippen LogP contribution is -2.33. The fourth-order valence-electron chi connectivity index (χ4n) is 3.80. The van der Waals surface area contributed by atoms with Crippen molar-refractivity contribution >= 4 is 38.6 Å². The molecule has 182 valence electrons. The van der Waals surface area contributed by atoms with Crippen molar-refractivity contribution in [1.29, 1.82) is 0 Å². The summed E-state index contributed by atoms with van der Waals surface area (Å²) in [5.41, 5.74) is 0.899. The summed E-state index contributed by atoms with van der Waals surface area (Å²) >= 11 is 5.72. The predicted molar refractivity (Wildman–Crippen MR) is 127 cm³/mol. The Morgan fingerprint density at radius 1 is 1.06 bits per heavy atom. The SMILES string of the molecule is Cc1c(C(=O)O)oc2ccc(S(=O)(=O)N(CCc3ccccc3)Cc3c(F)cc(Cl)cc3F)cc12. The van der Waals surface area contributed by atoms with Crippen LogP contribution in [0.1, 0.15) is 27.2 Å². The van der Waals surface area contributed by atoms with Gasteiger partial charge in [0.1, 0.15) is 17.2 Å². The third-order valence-corrected chi connectivity index (χ3v) is 7.73. The second kappa shape index (κ2) is 9.77. The Bertz CT molecular complexity index is 1500. The van der Waals surface area contributed by atoms with Gasteiger partial charge in [-0.1, -0.05) is 41.9 Å². The summed E-state index contributed by atoms with van der Waals surface area (Å²) in [7, 11) is -4.25. The van der Waals surface area contributed by atoms with Gasteiger partial charge in [0.05, 0.1) is 4.90 Å². The van der Waals surface area contributed by atoms with Crippen molar-refractivity contribution in [1.82, 2.24) is 4.31 Å². The van der Waals surface area contributed by atoms with Crippen LogP contribution in [0, 0.1) is 18.6 Å². The minimum Gasteiger partial charge on any atom is -0.475 e. The number of carbonyl (C=O) groups is 1. The lowest BCUT2D eigenvalue weighted by Gasteiger charge is -2.23. The average Bonchev–Trinajstić information content (AvgIpc) is 3.14. The number of furan rings is 1. The minimum absolute atomic E-state index is 0.0589. The monoisotopic (exact) mass is 519 g/mol. The number of aryl methyl sites for hydroxylation is 1. The zero-order chi connectivity index (χ0) is 25.3. The van der Waals surface area contributed by atoms with Crippen molar-refractivity contribution < 1.29 is 31.5 Å². The third-order valence-electron chi connectivity index (χ3n) is 5.67. The van der Waals surface area contributed by atoms with E-state index < -0.39 is 39.7 Å². The van der Waals surface area contributed by atoms with Gasteiger partial charge >= 0.3 is 5.97 Å². The fraction of sp³-hybridized carbons (Fsp3) is 0.160. The van der Waals surface area contributed by atoms with Crippen LogP contribution in [0.25, 0.3) is 11.0 Å². The Balaban J connectivity index is 1.76. The number of hydrogen-bond donors (Lipinski definition) is 1. The number of sulfonamides is 1. The van der Waals surface area contributed by atoms with E-state index in [2.05, 4.69) is 0 Å². The average molecular weight is 520 g/mol. The molecule has 1 N–H and O–H groups in total. The molecule has 0 saturated heterocycles. The highest BCUT2D eigenvalue weighted by molar-refractivity contribution is 7.89. The Morgan fingerprint density at radius 2 is 1.71 bits per heavy atom. The second-order valence-corrected chi connectivity index (χ2v) is 10.3. The van der Waals surface area contributed by atoms with Gasteiger partial charge in [0.15, 0.2) is 0 Å². The van der Waals surface area contributed by atoms with Crippen LogP contribution in [-0.4, -0.2) is 30.3 Å². The zero-order valence-electron chi connectivity index (χ0n) is 18.5. The van der Waals surface area contributed by atoms with Crippen molar-refractivity contribution in [2.75, 3.05) is 6.54 Å². The van der Waals surface area contributed by atoms with Crippen LogP contribution in [-0.2, 0) is 23.0 Å². The highest BCUT2D eigenvalue weighted by Crippen LogP contribution is 2.30. The van der Waals surface area contributed by atoms with Gasteiger partial charge in [0.2, 0.25) is 15.8 Å². The van der Waals surface area contributed by atoms with Gasteiger partial charge in [-0.05, 0) is 49.2 Å². The van der Waals surface area contributed by atoms with Crippen LogP contribution in [0.4, 0.5) is 8.78 Å². The molecule has 0 aliphatic rings. The Hall–Kier alpha value is -3.27. The van der Waals surface area contributed by atoms with Crippen LogP contribution in [0.15, 0.2) is 70.0 Å².